The van der Waals surface area contributed by atoms with E-state index in [0.29, 0.717) is 11.5 Å². The molecule has 0 radical (unpaired) electrons. The second kappa shape index (κ2) is 5.29. The predicted molar refractivity (Wildman–Crippen MR) is 68.0 cm³/mol. The first-order chi connectivity index (χ1) is 9.38. The third-order valence-corrected chi connectivity index (χ3v) is 3.34. The van der Waals surface area contributed by atoms with Gasteiger partial charge in [-0.05, 0) is 25.6 Å². The van der Waals surface area contributed by atoms with E-state index in [-0.39, 0.29) is 21.5 Å². The second-order valence-corrected chi connectivity index (χ2v) is 4.77. The van der Waals surface area contributed by atoms with Crippen LogP contribution < -0.4 is 0 Å². The molecule has 8 nitrogen and oxygen atoms in total. The lowest BCUT2D eigenvalue weighted by Gasteiger charge is -2.01. The first-order valence-electron chi connectivity index (χ1n) is 5.38. The summed E-state index contributed by atoms with van der Waals surface area (Å²) >= 11 is 0.906. The number of oxazole rings is 1. The summed E-state index contributed by atoms with van der Waals surface area (Å²) in [5.41, 5.74) is 0.0375. The number of nitrogens with zero attached hydrogens (tertiary/aromatic N) is 3. The Bertz CT molecular complexity index is 678. The van der Waals surface area contributed by atoms with Crippen LogP contribution >= 0.6 is 11.8 Å². The van der Waals surface area contributed by atoms with Crippen LogP contribution in [0.1, 0.15) is 21.8 Å². The standard InChI is InChI=1S/C11H9N3O5S/c1-5-6(2)19-11(13-5)20-9-8(10(15)16)3-7(4-12-9)14(17)18/h3-4H,1-2H3,(H,15,16). The predicted octanol–water partition coefficient (Wildman–Crippen LogP) is 2.44. The minimum Gasteiger partial charge on any atom is -0.478 e. The molecule has 1 N–H and O–H groups in total. The molecule has 0 amide bonds. The zero-order chi connectivity index (χ0) is 14.9. The lowest BCUT2D eigenvalue weighted by atomic mass is 10.3. The molecule has 2 rings (SSSR count). The van der Waals surface area contributed by atoms with Crippen molar-refractivity contribution in [2.45, 2.75) is 24.1 Å². The zero-order valence-corrected chi connectivity index (χ0v) is 11.3. The molecule has 2 aromatic heterocycles. The Morgan fingerprint density at radius 1 is 1.50 bits per heavy atom. The molecule has 0 fully saturated rings. The van der Waals surface area contributed by atoms with Crippen LogP contribution in [0.5, 0.6) is 0 Å². The van der Waals surface area contributed by atoms with Crippen molar-refractivity contribution >= 4 is 23.4 Å². The van der Waals surface area contributed by atoms with Gasteiger partial charge in [0.05, 0.1) is 16.2 Å². The van der Waals surface area contributed by atoms with E-state index in [1.165, 1.54) is 0 Å². The Balaban J connectivity index is 2.40. The van der Waals surface area contributed by atoms with Crippen LogP contribution in [0.15, 0.2) is 26.9 Å². The van der Waals surface area contributed by atoms with Gasteiger partial charge in [-0.25, -0.2) is 14.8 Å². The minimum atomic E-state index is -1.30. The van der Waals surface area contributed by atoms with Gasteiger partial charge in [0.1, 0.15) is 17.0 Å². The van der Waals surface area contributed by atoms with Gasteiger partial charge in [0, 0.05) is 6.07 Å². The van der Waals surface area contributed by atoms with Crippen molar-refractivity contribution in [1.82, 2.24) is 9.97 Å². The molecule has 104 valence electrons. The summed E-state index contributed by atoms with van der Waals surface area (Å²) < 4.78 is 5.32. The van der Waals surface area contributed by atoms with Gasteiger partial charge in [0.2, 0.25) is 0 Å². The minimum absolute atomic E-state index is 0.0874. The highest BCUT2D eigenvalue weighted by atomic mass is 32.2. The van der Waals surface area contributed by atoms with Crippen LogP contribution in [0.25, 0.3) is 0 Å². The third kappa shape index (κ3) is 2.77. The molecule has 0 atom stereocenters. The van der Waals surface area contributed by atoms with Crippen molar-refractivity contribution in [1.29, 1.82) is 0 Å². The van der Waals surface area contributed by atoms with Crippen LogP contribution in [0, 0.1) is 24.0 Å². The summed E-state index contributed by atoms with van der Waals surface area (Å²) in [6.07, 6.45) is 0.997. The van der Waals surface area contributed by atoms with Crippen molar-refractivity contribution in [3.8, 4) is 0 Å². The van der Waals surface area contributed by atoms with Crippen LogP contribution in [0.3, 0.4) is 0 Å². The topological polar surface area (TPSA) is 119 Å². The second-order valence-electron chi connectivity index (χ2n) is 3.83. The van der Waals surface area contributed by atoms with E-state index in [9.17, 15) is 14.9 Å². The van der Waals surface area contributed by atoms with E-state index < -0.39 is 10.9 Å². The molecule has 0 saturated carbocycles. The smallest absolute Gasteiger partial charge is 0.338 e. The number of hydrogen-bond acceptors (Lipinski definition) is 7. The molecule has 0 aromatic carbocycles. The summed E-state index contributed by atoms with van der Waals surface area (Å²) in [5, 5.41) is 20.0. The molecule has 0 saturated heterocycles. The fraction of sp³-hybridized carbons (Fsp3) is 0.182. The van der Waals surface area contributed by atoms with Gasteiger partial charge in [-0.15, -0.1) is 0 Å². The maximum atomic E-state index is 11.1. The Hall–Kier alpha value is -2.42. The Kier molecular flexibility index (Phi) is 3.70. The van der Waals surface area contributed by atoms with Crippen LogP contribution in [0.4, 0.5) is 5.69 Å². The average Bonchev–Trinajstić information content (AvgIpc) is 2.68. The van der Waals surface area contributed by atoms with Gasteiger partial charge in [0.15, 0.2) is 0 Å². The molecule has 20 heavy (non-hydrogen) atoms. The number of aromatic carboxylic acids is 1. The summed E-state index contributed by atoms with van der Waals surface area (Å²) in [6, 6.07) is 0.959. The van der Waals surface area contributed by atoms with Gasteiger partial charge in [-0.3, -0.25) is 10.1 Å². The molecule has 0 spiro atoms. The molecule has 0 aliphatic heterocycles. The largest absolute Gasteiger partial charge is 0.478 e. The fourth-order valence-electron chi connectivity index (χ4n) is 1.35. The number of carboxylic acids is 1. The van der Waals surface area contributed by atoms with Crippen LogP contribution in [-0.2, 0) is 0 Å². The van der Waals surface area contributed by atoms with Crippen molar-refractivity contribution in [3.05, 3.63) is 39.4 Å². The van der Waals surface area contributed by atoms with Crippen molar-refractivity contribution in [3.63, 3.8) is 0 Å². The van der Waals surface area contributed by atoms with Gasteiger partial charge >= 0.3 is 5.97 Å². The first kappa shape index (κ1) is 14.0. The number of hydrogen-bond donors (Lipinski definition) is 1. The lowest BCUT2D eigenvalue weighted by Crippen LogP contribution is -2.02. The van der Waals surface area contributed by atoms with Gasteiger partial charge in [-0.1, -0.05) is 0 Å². The first-order valence-corrected chi connectivity index (χ1v) is 6.19. The maximum Gasteiger partial charge on any atom is 0.338 e. The molecule has 0 unspecified atom stereocenters. The summed E-state index contributed by atoms with van der Waals surface area (Å²) in [4.78, 5) is 28.9. The van der Waals surface area contributed by atoms with E-state index in [2.05, 4.69) is 9.97 Å². The molecule has 0 aliphatic rings. The van der Waals surface area contributed by atoms with Crippen LogP contribution in [0.2, 0.25) is 0 Å². The van der Waals surface area contributed by atoms with Crippen molar-refractivity contribution in [2.24, 2.45) is 0 Å². The van der Waals surface area contributed by atoms with Gasteiger partial charge in [0.25, 0.3) is 10.9 Å². The van der Waals surface area contributed by atoms with Crippen molar-refractivity contribution in [2.75, 3.05) is 0 Å². The number of carbonyl (C=O) groups is 1. The summed E-state index contributed by atoms with van der Waals surface area (Å²) in [6.45, 7) is 3.48. The molecule has 9 heteroatoms. The molecular formula is C11H9N3O5S. The van der Waals surface area contributed by atoms with Crippen LogP contribution in [-0.4, -0.2) is 26.0 Å². The third-order valence-electron chi connectivity index (χ3n) is 2.47. The summed E-state index contributed by atoms with van der Waals surface area (Å²) in [5.74, 6) is -0.685. The summed E-state index contributed by atoms with van der Waals surface area (Å²) in [7, 11) is 0. The number of rotatable bonds is 4. The molecule has 2 aromatic rings. The average molecular weight is 295 g/mol. The number of carboxylic acid groups (broad SMARTS) is 1. The highest BCUT2D eigenvalue weighted by Crippen LogP contribution is 2.31. The number of aryl methyl sites for hydroxylation is 2. The van der Waals surface area contributed by atoms with Gasteiger partial charge in [-0.2, -0.15) is 0 Å². The van der Waals surface area contributed by atoms with E-state index in [4.69, 9.17) is 9.52 Å². The fourth-order valence-corrected chi connectivity index (χ4v) is 2.22. The highest BCUT2D eigenvalue weighted by molar-refractivity contribution is 7.99. The van der Waals surface area contributed by atoms with E-state index >= 15 is 0 Å². The lowest BCUT2D eigenvalue weighted by molar-refractivity contribution is -0.385. The van der Waals surface area contributed by atoms with E-state index in [1.807, 2.05) is 0 Å². The molecule has 2 heterocycles. The Morgan fingerprint density at radius 3 is 2.70 bits per heavy atom. The molecule has 0 aliphatic carbocycles. The van der Waals surface area contributed by atoms with Crippen molar-refractivity contribution < 1.29 is 19.2 Å². The van der Waals surface area contributed by atoms with E-state index in [1.54, 1.807) is 13.8 Å². The SMILES string of the molecule is Cc1nc(Sc2ncc([N+](=O)[O-])cc2C(=O)O)oc1C. The molecular weight excluding hydrogens is 286 g/mol. The van der Waals surface area contributed by atoms with Gasteiger partial charge < -0.3 is 9.52 Å². The molecule has 0 bridgehead atoms. The zero-order valence-electron chi connectivity index (χ0n) is 10.5. The number of aromatic nitrogens is 2. The highest BCUT2D eigenvalue weighted by Gasteiger charge is 2.20. The number of pyridine rings is 1. The van der Waals surface area contributed by atoms with E-state index in [0.717, 1.165) is 24.0 Å². The Morgan fingerprint density at radius 2 is 2.20 bits per heavy atom. The Labute approximate surface area is 117 Å². The number of nitro groups is 1. The maximum absolute atomic E-state index is 11.1. The normalized spacial score (nSPS) is 10.5. The monoisotopic (exact) mass is 295 g/mol. The quantitative estimate of drug-likeness (QED) is 0.674.